The quantitative estimate of drug-likeness (QED) is 0.803. The first-order valence-corrected chi connectivity index (χ1v) is 7.83. The van der Waals surface area contributed by atoms with Crippen LogP contribution in [-0.4, -0.2) is 41.0 Å². The highest BCUT2D eigenvalue weighted by molar-refractivity contribution is 7.89. The maximum absolute atomic E-state index is 12.6. The van der Waals surface area contributed by atoms with E-state index in [9.17, 15) is 18.3 Å². The molecule has 3 heterocycles. The maximum Gasteiger partial charge on any atom is 0.247 e. The van der Waals surface area contributed by atoms with Crippen LogP contribution in [0.1, 0.15) is 25.7 Å². The number of nitrogens with one attached hydrogen (secondary N) is 1. The summed E-state index contributed by atoms with van der Waals surface area (Å²) in [7, 11) is -3.59. The number of hydrogen-bond acceptors (Lipinski definition) is 4. The third-order valence-electron chi connectivity index (χ3n) is 3.97. The van der Waals surface area contributed by atoms with E-state index in [0.29, 0.717) is 12.8 Å². The lowest BCUT2D eigenvalue weighted by Gasteiger charge is -2.35. The summed E-state index contributed by atoms with van der Waals surface area (Å²) < 4.78 is 26.7. The van der Waals surface area contributed by atoms with Crippen LogP contribution in [0.15, 0.2) is 28.0 Å². The van der Waals surface area contributed by atoms with E-state index in [1.54, 1.807) is 0 Å². The van der Waals surface area contributed by atoms with E-state index in [4.69, 9.17) is 0 Å². The van der Waals surface area contributed by atoms with Gasteiger partial charge in [-0.25, -0.2) is 8.42 Å². The summed E-state index contributed by atoms with van der Waals surface area (Å²) in [6.45, 7) is 0. The number of piperidine rings is 1. The summed E-state index contributed by atoms with van der Waals surface area (Å²) in [5, 5.41) is 9.71. The number of H-pyrrole nitrogens is 1. The van der Waals surface area contributed by atoms with Gasteiger partial charge in [0.25, 0.3) is 0 Å². The SMILES string of the molecule is O=c1ccc(S(=O)(=O)N2C3CCC2CC(O)C3)c[nH]1. The molecule has 2 saturated heterocycles. The van der Waals surface area contributed by atoms with E-state index in [2.05, 4.69) is 4.98 Å². The van der Waals surface area contributed by atoms with Crippen molar-refractivity contribution in [3.8, 4) is 0 Å². The van der Waals surface area contributed by atoms with Gasteiger partial charge in [-0.3, -0.25) is 4.79 Å². The van der Waals surface area contributed by atoms with Crippen LogP contribution in [0.4, 0.5) is 0 Å². The molecule has 6 nitrogen and oxygen atoms in total. The van der Waals surface area contributed by atoms with E-state index in [1.165, 1.54) is 22.6 Å². The van der Waals surface area contributed by atoms with Crippen LogP contribution in [0, 0.1) is 0 Å². The molecule has 2 fully saturated rings. The van der Waals surface area contributed by atoms with Gasteiger partial charge in [0.15, 0.2) is 0 Å². The molecule has 2 bridgehead atoms. The minimum Gasteiger partial charge on any atom is -0.393 e. The zero-order valence-electron chi connectivity index (χ0n) is 10.3. The Hall–Kier alpha value is -1.18. The van der Waals surface area contributed by atoms with E-state index < -0.39 is 16.1 Å². The van der Waals surface area contributed by atoms with E-state index in [1.807, 2.05) is 0 Å². The largest absolute Gasteiger partial charge is 0.393 e. The topological polar surface area (TPSA) is 90.5 Å². The first-order chi connectivity index (χ1) is 8.98. The van der Waals surface area contributed by atoms with Crippen LogP contribution in [0.25, 0.3) is 0 Å². The molecule has 1 aromatic heterocycles. The van der Waals surface area contributed by atoms with Crippen LogP contribution in [0.2, 0.25) is 0 Å². The third kappa shape index (κ3) is 2.11. The van der Waals surface area contributed by atoms with Crippen molar-refractivity contribution in [2.24, 2.45) is 0 Å². The van der Waals surface area contributed by atoms with Crippen molar-refractivity contribution in [3.05, 3.63) is 28.7 Å². The zero-order valence-corrected chi connectivity index (χ0v) is 11.1. The number of aromatic amines is 1. The van der Waals surface area contributed by atoms with Gasteiger partial charge in [0.05, 0.1) is 11.0 Å². The van der Waals surface area contributed by atoms with Gasteiger partial charge in [-0.05, 0) is 31.7 Å². The van der Waals surface area contributed by atoms with Gasteiger partial charge in [-0.1, -0.05) is 0 Å². The molecule has 7 heteroatoms. The Bertz CT molecular complexity index is 605. The summed E-state index contributed by atoms with van der Waals surface area (Å²) in [6.07, 6.45) is 3.43. The summed E-state index contributed by atoms with van der Waals surface area (Å²) in [5.41, 5.74) is -0.323. The molecule has 2 atom stereocenters. The van der Waals surface area contributed by atoms with Gasteiger partial charge >= 0.3 is 0 Å². The van der Waals surface area contributed by atoms with Crippen LogP contribution in [-0.2, 0) is 10.0 Å². The van der Waals surface area contributed by atoms with E-state index in [-0.39, 0.29) is 22.5 Å². The number of fused-ring (bicyclic) bond motifs is 2. The number of aromatic nitrogens is 1. The third-order valence-corrected chi connectivity index (χ3v) is 5.97. The van der Waals surface area contributed by atoms with Gasteiger partial charge in [-0.2, -0.15) is 4.31 Å². The second-order valence-electron chi connectivity index (χ2n) is 5.23. The molecular weight excluding hydrogens is 268 g/mol. The molecule has 3 rings (SSSR count). The van der Waals surface area contributed by atoms with Crippen molar-refractivity contribution in [1.29, 1.82) is 0 Å². The Balaban J connectivity index is 1.97. The molecular formula is C12H16N2O4S. The first kappa shape index (κ1) is 12.8. The number of aliphatic hydroxyl groups is 1. The molecule has 0 saturated carbocycles. The zero-order chi connectivity index (χ0) is 13.6. The molecule has 2 aliphatic rings. The highest BCUT2D eigenvalue weighted by atomic mass is 32.2. The number of rotatable bonds is 2. The smallest absolute Gasteiger partial charge is 0.247 e. The molecule has 0 spiro atoms. The predicted octanol–water partition coefficient (Wildman–Crippen LogP) is 0.0513. The Morgan fingerprint density at radius 3 is 2.37 bits per heavy atom. The Morgan fingerprint density at radius 1 is 1.21 bits per heavy atom. The van der Waals surface area contributed by atoms with Gasteiger partial charge in [0.2, 0.25) is 15.6 Å². The van der Waals surface area contributed by atoms with Gasteiger partial charge in [0, 0.05) is 24.3 Å². The second-order valence-corrected chi connectivity index (χ2v) is 7.08. The molecule has 19 heavy (non-hydrogen) atoms. The Labute approximate surface area is 111 Å². The maximum atomic E-state index is 12.6. The normalized spacial score (nSPS) is 31.5. The minimum atomic E-state index is -3.59. The van der Waals surface area contributed by atoms with Crippen LogP contribution >= 0.6 is 0 Å². The van der Waals surface area contributed by atoms with Crippen molar-refractivity contribution in [1.82, 2.24) is 9.29 Å². The fraction of sp³-hybridized carbons (Fsp3) is 0.583. The van der Waals surface area contributed by atoms with Gasteiger partial charge in [-0.15, -0.1) is 0 Å². The van der Waals surface area contributed by atoms with E-state index >= 15 is 0 Å². The minimum absolute atomic E-state index is 0.111. The monoisotopic (exact) mass is 284 g/mol. The highest BCUT2D eigenvalue weighted by Crippen LogP contribution is 2.39. The van der Waals surface area contributed by atoms with Crippen molar-refractivity contribution < 1.29 is 13.5 Å². The number of pyridine rings is 1. The fourth-order valence-corrected chi connectivity index (χ4v) is 5.04. The lowest BCUT2D eigenvalue weighted by Crippen LogP contribution is -2.47. The van der Waals surface area contributed by atoms with E-state index in [0.717, 1.165) is 12.8 Å². The van der Waals surface area contributed by atoms with Gasteiger partial charge < -0.3 is 10.1 Å². The number of aliphatic hydroxyl groups excluding tert-OH is 1. The summed E-state index contributed by atoms with van der Waals surface area (Å²) in [4.78, 5) is 13.5. The molecule has 0 amide bonds. The molecule has 0 radical (unpaired) electrons. The lowest BCUT2D eigenvalue weighted by atomic mass is 10.0. The Morgan fingerprint density at radius 2 is 1.84 bits per heavy atom. The average molecular weight is 284 g/mol. The number of sulfonamides is 1. The standard InChI is InChI=1S/C12H16N2O4S/c15-10-5-8-1-2-9(6-10)14(8)19(17,18)11-3-4-12(16)13-7-11/h3-4,7-10,15H,1-2,5-6H2,(H,13,16). The lowest BCUT2D eigenvalue weighted by molar-refractivity contribution is 0.0768. The molecule has 0 aromatic carbocycles. The molecule has 0 aliphatic carbocycles. The second kappa shape index (κ2) is 4.43. The van der Waals surface area contributed by atoms with Crippen molar-refractivity contribution in [2.75, 3.05) is 0 Å². The van der Waals surface area contributed by atoms with Crippen molar-refractivity contribution in [3.63, 3.8) is 0 Å². The van der Waals surface area contributed by atoms with Crippen molar-refractivity contribution >= 4 is 10.0 Å². The van der Waals surface area contributed by atoms with Crippen LogP contribution < -0.4 is 5.56 Å². The molecule has 104 valence electrons. The molecule has 1 aromatic rings. The summed E-state index contributed by atoms with van der Waals surface area (Å²) in [6, 6.07) is 2.31. The summed E-state index contributed by atoms with van der Waals surface area (Å²) in [5.74, 6) is 0. The Kier molecular flexibility index (Phi) is 2.99. The number of nitrogens with zero attached hydrogens (tertiary/aromatic N) is 1. The van der Waals surface area contributed by atoms with Crippen LogP contribution in [0.5, 0.6) is 0 Å². The predicted molar refractivity (Wildman–Crippen MR) is 68.1 cm³/mol. The fourth-order valence-electron chi connectivity index (χ4n) is 3.18. The average Bonchev–Trinajstić information content (AvgIpc) is 2.64. The first-order valence-electron chi connectivity index (χ1n) is 6.39. The number of hydrogen-bond donors (Lipinski definition) is 2. The molecule has 2 unspecified atom stereocenters. The van der Waals surface area contributed by atoms with Gasteiger partial charge in [0.1, 0.15) is 0 Å². The summed E-state index contributed by atoms with van der Waals surface area (Å²) >= 11 is 0. The van der Waals surface area contributed by atoms with Crippen molar-refractivity contribution in [2.45, 2.75) is 48.8 Å². The molecule has 2 N–H and O–H groups in total. The molecule has 2 aliphatic heterocycles. The van der Waals surface area contributed by atoms with Crippen LogP contribution in [0.3, 0.4) is 0 Å². The highest BCUT2D eigenvalue weighted by Gasteiger charge is 2.46.